The van der Waals surface area contributed by atoms with Crippen LogP contribution in [0.5, 0.6) is 11.5 Å². The molecule has 0 spiro atoms. The summed E-state index contributed by atoms with van der Waals surface area (Å²) in [4.78, 5) is 37.2. The van der Waals surface area contributed by atoms with Crippen LogP contribution in [0.15, 0.2) is 71.8 Å². The van der Waals surface area contributed by atoms with Crippen molar-refractivity contribution < 1.29 is 23.9 Å². The highest BCUT2D eigenvalue weighted by molar-refractivity contribution is 7.21. The molecule has 0 saturated heterocycles. The van der Waals surface area contributed by atoms with Gasteiger partial charge in [0.05, 0.1) is 35.5 Å². The summed E-state index contributed by atoms with van der Waals surface area (Å²) >= 11 is 13.6. The fourth-order valence-corrected chi connectivity index (χ4v) is 4.87. The first kappa shape index (κ1) is 26.2. The van der Waals surface area contributed by atoms with E-state index < -0.39 is 17.8 Å². The molecule has 1 heterocycles. The van der Waals surface area contributed by atoms with Gasteiger partial charge in [0.1, 0.15) is 4.88 Å². The van der Waals surface area contributed by atoms with Gasteiger partial charge in [-0.15, -0.1) is 11.3 Å². The third kappa shape index (κ3) is 6.26. The van der Waals surface area contributed by atoms with Gasteiger partial charge in [0, 0.05) is 10.1 Å². The van der Waals surface area contributed by atoms with Gasteiger partial charge in [-0.25, -0.2) is 10.2 Å². The molecule has 4 rings (SSSR count). The van der Waals surface area contributed by atoms with Gasteiger partial charge in [0.15, 0.2) is 11.5 Å². The summed E-state index contributed by atoms with van der Waals surface area (Å²) in [6.45, 7) is -0.292. The second-order valence-corrected chi connectivity index (χ2v) is 9.33. The van der Waals surface area contributed by atoms with Crippen LogP contribution in [-0.4, -0.2) is 37.7 Å². The van der Waals surface area contributed by atoms with E-state index in [1.165, 1.54) is 24.7 Å². The van der Waals surface area contributed by atoms with Crippen LogP contribution in [0.2, 0.25) is 10.0 Å². The number of hydrogen-bond acceptors (Lipinski definition) is 7. The number of benzene rings is 3. The Morgan fingerprint density at radius 1 is 1.00 bits per heavy atom. The van der Waals surface area contributed by atoms with Crippen molar-refractivity contribution in [3.63, 3.8) is 0 Å². The van der Waals surface area contributed by atoms with Gasteiger partial charge in [-0.05, 0) is 42.0 Å². The Morgan fingerprint density at radius 2 is 1.76 bits per heavy atom. The van der Waals surface area contributed by atoms with Crippen LogP contribution in [0.4, 0.5) is 0 Å². The number of methoxy groups -OCH3 is 1. The van der Waals surface area contributed by atoms with Gasteiger partial charge < -0.3 is 14.8 Å². The number of rotatable bonds is 8. The Labute approximate surface area is 225 Å². The molecule has 0 aliphatic carbocycles. The molecular formula is C26H19Cl2N3O5S. The molecule has 8 nitrogen and oxygen atoms in total. The Morgan fingerprint density at radius 3 is 2.51 bits per heavy atom. The number of hydrogen-bond donors (Lipinski definition) is 2. The smallest absolute Gasteiger partial charge is 0.355 e. The van der Waals surface area contributed by atoms with E-state index in [1.807, 2.05) is 24.3 Å². The highest BCUT2D eigenvalue weighted by atomic mass is 35.5. The maximum absolute atomic E-state index is 12.8. The minimum absolute atomic E-state index is 0.199. The molecular weight excluding hydrogens is 537 g/mol. The summed E-state index contributed by atoms with van der Waals surface area (Å²) in [5.41, 5.74) is 3.15. The average Bonchev–Trinajstić information content (AvgIpc) is 3.25. The molecule has 0 aliphatic heterocycles. The summed E-state index contributed by atoms with van der Waals surface area (Å²) in [5.74, 6) is -1.12. The number of thiophene rings is 1. The van der Waals surface area contributed by atoms with E-state index in [0.29, 0.717) is 15.5 Å². The zero-order valence-electron chi connectivity index (χ0n) is 19.3. The molecule has 2 amide bonds. The van der Waals surface area contributed by atoms with E-state index >= 15 is 0 Å². The van der Waals surface area contributed by atoms with Crippen LogP contribution >= 0.6 is 34.5 Å². The second-order valence-electron chi connectivity index (χ2n) is 7.50. The van der Waals surface area contributed by atoms with Crippen molar-refractivity contribution in [1.82, 2.24) is 10.7 Å². The number of esters is 1. The summed E-state index contributed by atoms with van der Waals surface area (Å²) < 4.78 is 11.7. The van der Waals surface area contributed by atoms with Crippen molar-refractivity contribution in [2.45, 2.75) is 0 Å². The first-order valence-electron chi connectivity index (χ1n) is 10.8. The summed E-state index contributed by atoms with van der Waals surface area (Å²) in [5, 5.41) is 7.76. The molecule has 2 N–H and O–H groups in total. The maximum Gasteiger partial charge on any atom is 0.355 e. The quantitative estimate of drug-likeness (QED) is 0.132. The topological polar surface area (TPSA) is 106 Å². The summed E-state index contributed by atoms with van der Waals surface area (Å²) in [6.07, 6.45) is 1.38. The van der Waals surface area contributed by atoms with E-state index in [0.717, 1.165) is 10.1 Å². The van der Waals surface area contributed by atoms with Gasteiger partial charge in [-0.1, -0.05) is 53.5 Å². The number of ether oxygens (including phenoxy) is 2. The molecule has 0 radical (unpaired) electrons. The Bertz CT molecular complexity index is 1520. The number of carbonyl (C=O) groups is 3. The van der Waals surface area contributed by atoms with Crippen LogP contribution in [0.25, 0.3) is 10.1 Å². The lowest BCUT2D eigenvalue weighted by atomic mass is 10.2. The monoisotopic (exact) mass is 555 g/mol. The van der Waals surface area contributed by atoms with E-state index in [2.05, 4.69) is 15.8 Å². The van der Waals surface area contributed by atoms with Gasteiger partial charge in [0.25, 0.3) is 11.8 Å². The van der Waals surface area contributed by atoms with Gasteiger partial charge in [0.2, 0.25) is 0 Å². The molecule has 188 valence electrons. The zero-order chi connectivity index (χ0) is 26.4. The molecule has 0 aliphatic rings. The molecule has 11 heteroatoms. The van der Waals surface area contributed by atoms with Crippen molar-refractivity contribution in [1.29, 1.82) is 0 Å². The van der Waals surface area contributed by atoms with E-state index in [-0.39, 0.29) is 28.6 Å². The van der Waals surface area contributed by atoms with Gasteiger partial charge in [-0.3, -0.25) is 9.59 Å². The molecule has 0 bridgehead atoms. The molecule has 1 aromatic heterocycles. The standard InChI is InChI=1S/C26H19Cl2N3O5S/c1-35-20-12-15(13-30-31-22(32)14-29-25(33)16-6-2-4-8-18(16)27)10-11-19(20)36-26(34)24-23(28)17-7-3-5-9-21(17)37-24/h2-13H,14H2,1H3,(H,29,33)(H,31,32)/b30-13+. The van der Waals surface area contributed by atoms with Crippen molar-refractivity contribution in [2.75, 3.05) is 13.7 Å². The highest BCUT2D eigenvalue weighted by Gasteiger charge is 2.20. The summed E-state index contributed by atoms with van der Waals surface area (Å²) in [7, 11) is 1.43. The molecule has 0 fully saturated rings. The number of amides is 2. The van der Waals surface area contributed by atoms with Crippen molar-refractivity contribution in [3.8, 4) is 11.5 Å². The van der Waals surface area contributed by atoms with Crippen LogP contribution in [0, 0.1) is 0 Å². The first-order chi connectivity index (χ1) is 17.9. The lowest BCUT2D eigenvalue weighted by Crippen LogP contribution is -2.35. The predicted octanol–water partition coefficient (Wildman–Crippen LogP) is 5.32. The van der Waals surface area contributed by atoms with Crippen LogP contribution in [-0.2, 0) is 4.79 Å². The molecule has 3 aromatic carbocycles. The minimum Gasteiger partial charge on any atom is -0.493 e. The largest absolute Gasteiger partial charge is 0.493 e. The Balaban J connectivity index is 1.35. The third-order valence-corrected chi connectivity index (χ3v) is 7.03. The van der Waals surface area contributed by atoms with E-state index in [1.54, 1.807) is 42.5 Å². The van der Waals surface area contributed by atoms with E-state index in [9.17, 15) is 14.4 Å². The number of fused-ring (bicyclic) bond motifs is 1. The zero-order valence-corrected chi connectivity index (χ0v) is 21.6. The maximum atomic E-state index is 12.8. The number of hydrazone groups is 1. The lowest BCUT2D eigenvalue weighted by Gasteiger charge is -2.09. The first-order valence-corrected chi connectivity index (χ1v) is 12.4. The van der Waals surface area contributed by atoms with Gasteiger partial charge >= 0.3 is 5.97 Å². The number of carbonyl (C=O) groups excluding carboxylic acids is 3. The van der Waals surface area contributed by atoms with Crippen LogP contribution < -0.4 is 20.2 Å². The van der Waals surface area contributed by atoms with Crippen LogP contribution in [0.3, 0.4) is 0 Å². The Kier molecular flexibility index (Phi) is 8.39. The normalized spacial score (nSPS) is 10.9. The van der Waals surface area contributed by atoms with Gasteiger partial charge in [-0.2, -0.15) is 5.10 Å². The van der Waals surface area contributed by atoms with Crippen molar-refractivity contribution in [2.24, 2.45) is 5.10 Å². The number of nitrogens with one attached hydrogen (secondary N) is 2. The third-order valence-electron chi connectivity index (χ3n) is 5.04. The van der Waals surface area contributed by atoms with Crippen molar-refractivity contribution >= 4 is 68.6 Å². The summed E-state index contributed by atoms with van der Waals surface area (Å²) in [6, 6.07) is 18.7. The van der Waals surface area contributed by atoms with Crippen LogP contribution in [0.1, 0.15) is 25.6 Å². The molecule has 0 unspecified atom stereocenters. The highest BCUT2D eigenvalue weighted by Crippen LogP contribution is 2.37. The van der Waals surface area contributed by atoms with E-state index in [4.69, 9.17) is 32.7 Å². The minimum atomic E-state index is -0.600. The second kappa shape index (κ2) is 11.9. The lowest BCUT2D eigenvalue weighted by molar-refractivity contribution is -0.120. The molecule has 0 atom stereocenters. The number of halogens is 2. The fraction of sp³-hybridized carbons (Fsp3) is 0.0769. The fourth-order valence-electron chi connectivity index (χ4n) is 3.26. The molecule has 4 aromatic rings. The number of nitrogens with zero attached hydrogens (tertiary/aromatic N) is 1. The SMILES string of the molecule is COc1cc(/C=N/NC(=O)CNC(=O)c2ccccc2Cl)ccc1OC(=O)c1sc2ccccc2c1Cl. The predicted molar refractivity (Wildman–Crippen MR) is 144 cm³/mol. The Hall–Kier alpha value is -3.92. The molecule has 37 heavy (non-hydrogen) atoms. The molecule has 0 saturated carbocycles. The average molecular weight is 556 g/mol. The van der Waals surface area contributed by atoms with Crippen molar-refractivity contribution in [3.05, 3.63) is 92.8 Å².